The van der Waals surface area contributed by atoms with Crippen molar-refractivity contribution >= 4 is 50.7 Å². The molecule has 0 bridgehead atoms. The van der Waals surface area contributed by atoms with Crippen molar-refractivity contribution in [3.8, 4) is 5.75 Å². The first kappa shape index (κ1) is 20.8. The van der Waals surface area contributed by atoms with Gasteiger partial charge in [0.1, 0.15) is 22.4 Å². The van der Waals surface area contributed by atoms with E-state index in [0.717, 1.165) is 11.3 Å². The van der Waals surface area contributed by atoms with Crippen molar-refractivity contribution < 1.29 is 19.4 Å². The van der Waals surface area contributed by atoms with Gasteiger partial charge >= 0.3 is 5.97 Å². The first-order valence-electron chi connectivity index (χ1n) is 8.68. The van der Waals surface area contributed by atoms with Gasteiger partial charge in [-0.1, -0.05) is 18.5 Å². The number of ether oxygens (including phenoxy) is 1. The van der Waals surface area contributed by atoms with Gasteiger partial charge in [0.2, 0.25) is 5.91 Å². The molecule has 2 heterocycles. The zero-order chi connectivity index (χ0) is 21.3. The van der Waals surface area contributed by atoms with E-state index in [9.17, 15) is 19.5 Å². The highest BCUT2D eigenvalue weighted by Gasteiger charge is 2.25. The van der Waals surface area contributed by atoms with Crippen molar-refractivity contribution in [2.24, 2.45) is 0 Å². The lowest BCUT2D eigenvalue weighted by atomic mass is 10.2. The number of carboxylic acids is 1. The molecule has 1 atom stereocenters. The van der Waals surface area contributed by atoms with Crippen molar-refractivity contribution in [3.05, 3.63) is 50.3 Å². The number of nitrogens with one attached hydrogen (secondary N) is 1. The van der Waals surface area contributed by atoms with Gasteiger partial charge in [0.15, 0.2) is 0 Å². The van der Waals surface area contributed by atoms with Crippen molar-refractivity contribution in [2.75, 3.05) is 12.4 Å². The van der Waals surface area contributed by atoms with Crippen LogP contribution in [-0.4, -0.2) is 33.6 Å². The number of carboxylic acid groups (broad SMARTS) is 1. The number of rotatable bonds is 6. The van der Waals surface area contributed by atoms with Gasteiger partial charge in [-0.25, -0.2) is 9.78 Å². The molecule has 2 aromatic heterocycles. The molecule has 0 saturated carbocycles. The number of carbonyl (C=O) groups is 2. The molecule has 2 N–H and O–H groups in total. The van der Waals surface area contributed by atoms with Crippen LogP contribution in [0.25, 0.3) is 10.2 Å². The number of hydrogen-bond donors (Lipinski definition) is 2. The fourth-order valence-corrected chi connectivity index (χ4v) is 4.14. The van der Waals surface area contributed by atoms with E-state index in [0.29, 0.717) is 33.5 Å². The van der Waals surface area contributed by atoms with E-state index in [2.05, 4.69) is 10.3 Å². The lowest BCUT2D eigenvalue weighted by Crippen LogP contribution is -2.34. The Kier molecular flexibility index (Phi) is 5.90. The Morgan fingerprint density at radius 1 is 1.41 bits per heavy atom. The van der Waals surface area contributed by atoms with E-state index in [-0.39, 0.29) is 10.9 Å². The molecule has 0 spiro atoms. The molecule has 0 aliphatic carbocycles. The van der Waals surface area contributed by atoms with Crippen molar-refractivity contribution in [3.63, 3.8) is 0 Å². The highest BCUT2D eigenvalue weighted by molar-refractivity contribution is 7.17. The molecule has 0 fully saturated rings. The molecule has 1 amide bonds. The van der Waals surface area contributed by atoms with Crippen LogP contribution in [0, 0.1) is 0 Å². The third-order valence-corrected chi connectivity index (χ3v) is 5.61. The smallest absolute Gasteiger partial charge is 0.337 e. The van der Waals surface area contributed by atoms with Crippen LogP contribution in [0.1, 0.15) is 36.1 Å². The van der Waals surface area contributed by atoms with Gasteiger partial charge < -0.3 is 15.2 Å². The fourth-order valence-electron chi connectivity index (χ4n) is 2.96. The van der Waals surface area contributed by atoms with E-state index in [1.54, 1.807) is 19.1 Å². The number of fused-ring (bicyclic) bond motifs is 1. The third-order valence-electron chi connectivity index (χ3n) is 4.45. The topological polar surface area (TPSA) is 111 Å². The zero-order valence-electron chi connectivity index (χ0n) is 15.9. The van der Waals surface area contributed by atoms with E-state index in [1.807, 2.05) is 6.92 Å². The van der Waals surface area contributed by atoms with Crippen molar-refractivity contribution in [2.45, 2.75) is 26.3 Å². The van der Waals surface area contributed by atoms with Crippen molar-refractivity contribution in [1.82, 2.24) is 9.55 Å². The second kappa shape index (κ2) is 8.22. The molecule has 29 heavy (non-hydrogen) atoms. The average Bonchev–Trinajstić information content (AvgIpc) is 3.12. The summed E-state index contributed by atoms with van der Waals surface area (Å²) in [6.45, 7) is 3.37. The van der Waals surface area contributed by atoms with Gasteiger partial charge in [0.25, 0.3) is 5.56 Å². The van der Waals surface area contributed by atoms with Crippen LogP contribution < -0.4 is 15.6 Å². The Balaban J connectivity index is 2.02. The fraction of sp³-hybridized carbons (Fsp3) is 0.263. The van der Waals surface area contributed by atoms with Crippen LogP contribution in [-0.2, 0) is 11.2 Å². The van der Waals surface area contributed by atoms with E-state index < -0.39 is 23.5 Å². The molecule has 0 aliphatic heterocycles. The molecule has 3 rings (SSSR count). The monoisotopic (exact) mass is 435 g/mol. The first-order chi connectivity index (χ1) is 13.8. The molecule has 1 aromatic carbocycles. The minimum absolute atomic E-state index is 0.00634. The molecule has 0 saturated heterocycles. The number of benzene rings is 1. The number of thiophene rings is 1. The quantitative estimate of drug-likeness (QED) is 0.612. The normalized spacial score (nSPS) is 12.0. The molecule has 0 radical (unpaired) electrons. The maximum atomic E-state index is 13.1. The molecule has 152 valence electrons. The highest BCUT2D eigenvalue weighted by atomic mass is 35.5. The Morgan fingerprint density at radius 3 is 2.72 bits per heavy atom. The lowest BCUT2D eigenvalue weighted by Gasteiger charge is -2.19. The maximum Gasteiger partial charge on any atom is 0.337 e. The largest absolute Gasteiger partial charge is 0.495 e. The van der Waals surface area contributed by atoms with E-state index in [1.165, 1.54) is 23.1 Å². The van der Waals surface area contributed by atoms with Gasteiger partial charge in [0, 0.05) is 17.5 Å². The number of anilines is 1. The minimum atomic E-state index is -1.21. The Hall–Kier alpha value is -2.91. The summed E-state index contributed by atoms with van der Waals surface area (Å²) >= 11 is 7.18. The van der Waals surface area contributed by atoms with Gasteiger partial charge in [-0.3, -0.25) is 14.2 Å². The van der Waals surface area contributed by atoms with Crippen LogP contribution in [0.2, 0.25) is 5.02 Å². The Labute approximate surface area is 174 Å². The van der Waals surface area contributed by atoms with Gasteiger partial charge in [-0.2, -0.15) is 0 Å². The van der Waals surface area contributed by atoms with Crippen LogP contribution in [0.4, 0.5) is 5.69 Å². The number of aryl methyl sites for hydroxylation is 1. The van der Waals surface area contributed by atoms with Crippen LogP contribution in [0.15, 0.2) is 28.4 Å². The Morgan fingerprint density at radius 2 is 2.14 bits per heavy atom. The van der Waals surface area contributed by atoms with Crippen LogP contribution in [0.3, 0.4) is 0 Å². The summed E-state index contributed by atoms with van der Waals surface area (Å²) in [6, 6.07) is 3.86. The van der Waals surface area contributed by atoms with Crippen molar-refractivity contribution in [1.29, 1.82) is 0 Å². The van der Waals surface area contributed by atoms with Gasteiger partial charge in [-0.05, 0) is 25.1 Å². The summed E-state index contributed by atoms with van der Waals surface area (Å²) in [5.41, 5.74) is -0.232. The number of aromatic nitrogens is 2. The lowest BCUT2D eigenvalue weighted by molar-refractivity contribution is -0.118. The van der Waals surface area contributed by atoms with Crippen LogP contribution in [0.5, 0.6) is 5.75 Å². The molecule has 1 unspecified atom stereocenters. The first-order valence-corrected chi connectivity index (χ1v) is 9.94. The average molecular weight is 436 g/mol. The number of hydrogen-bond acceptors (Lipinski definition) is 6. The van der Waals surface area contributed by atoms with Gasteiger partial charge in [0.05, 0.1) is 23.1 Å². The summed E-state index contributed by atoms with van der Waals surface area (Å²) in [5.74, 6) is -0.806. The number of nitrogens with zero attached hydrogens (tertiary/aromatic N) is 2. The Bertz CT molecular complexity index is 1170. The number of halogens is 1. The van der Waals surface area contributed by atoms with Crippen LogP contribution >= 0.6 is 22.9 Å². The minimum Gasteiger partial charge on any atom is -0.495 e. The standard InChI is InChI=1S/C19H18ClN3O5S/c1-4-14-22-17-15(11(8-29-17)19(26)27)18(25)23(14)9(2)16(24)21-10-5-6-13(28-3)12(20)7-10/h5-9H,4H2,1-3H3,(H,21,24)(H,26,27). The summed E-state index contributed by atoms with van der Waals surface area (Å²) in [7, 11) is 1.49. The summed E-state index contributed by atoms with van der Waals surface area (Å²) in [5, 5.41) is 13.8. The SMILES string of the molecule is CCc1nc2scc(C(=O)O)c2c(=O)n1C(C)C(=O)Nc1ccc(OC)c(Cl)c1. The second-order valence-electron chi connectivity index (χ2n) is 6.21. The molecular weight excluding hydrogens is 418 g/mol. The number of carbonyl (C=O) groups excluding carboxylic acids is 1. The van der Waals surface area contributed by atoms with E-state index in [4.69, 9.17) is 16.3 Å². The summed E-state index contributed by atoms with van der Waals surface area (Å²) in [4.78, 5) is 42.1. The maximum absolute atomic E-state index is 13.1. The number of methoxy groups -OCH3 is 1. The zero-order valence-corrected chi connectivity index (χ0v) is 17.4. The molecule has 10 heteroatoms. The molecular formula is C19H18ClN3O5S. The molecule has 0 aliphatic rings. The predicted molar refractivity (Wildman–Crippen MR) is 112 cm³/mol. The predicted octanol–water partition coefficient (Wildman–Crippen LogP) is 3.58. The number of amides is 1. The van der Waals surface area contributed by atoms with Gasteiger partial charge in [-0.15, -0.1) is 11.3 Å². The molecule has 3 aromatic rings. The summed E-state index contributed by atoms with van der Waals surface area (Å²) in [6.07, 6.45) is 0.400. The number of aromatic carboxylic acids is 1. The third kappa shape index (κ3) is 3.83. The molecule has 8 nitrogen and oxygen atoms in total. The highest BCUT2D eigenvalue weighted by Crippen LogP contribution is 2.28. The van der Waals surface area contributed by atoms with E-state index >= 15 is 0 Å². The summed E-state index contributed by atoms with van der Waals surface area (Å²) < 4.78 is 6.32. The second-order valence-corrected chi connectivity index (χ2v) is 7.47.